The van der Waals surface area contributed by atoms with Gasteiger partial charge in [0.1, 0.15) is 22.3 Å². The third kappa shape index (κ3) is 6.38. The summed E-state index contributed by atoms with van der Waals surface area (Å²) in [5, 5.41) is 6.29. The Hall–Kier alpha value is -9.39. The minimum absolute atomic E-state index is 0.542. The van der Waals surface area contributed by atoms with Crippen LogP contribution in [0.5, 0.6) is 0 Å². The van der Waals surface area contributed by atoms with E-state index in [1.807, 2.05) is 60.7 Å². The molecular formula is C63H38N4O2. The lowest BCUT2D eigenvalue weighted by Gasteiger charge is -2.17. The summed E-state index contributed by atoms with van der Waals surface area (Å²) in [6.45, 7) is 0. The highest BCUT2D eigenvalue weighted by Crippen LogP contribution is 2.47. The van der Waals surface area contributed by atoms with E-state index in [0.29, 0.717) is 17.5 Å². The lowest BCUT2D eigenvalue weighted by Crippen LogP contribution is -2.01. The van der Waals surface area contributed by atoms with Crippen molar-refractivity contribution in [3.8, 4) is 73.2 Å². The molecule has 0 N–H and O–H groups in total. The molecule has 0 aliphatic heterocycles. The van der Waals surface area contributed by atoms with Gasteiger partial charge in [-0.15, -0.1) is 0 Å². The summed E-state index contributed by atoms with van der Waals surface area (Å²) in [4.78, 5) is 15.9. The van der Waals surface area contributed by atoms with Crippen LogP contribution in [0.15, 0.2) is 239 Å². The highest BCUT2D eigenvalue weighted by Gasteiger charge is 2.25. The minimum atomic E-state index is 0.542. The quantitative estimate of drug-likeness (QED) is 0.159. The zero-order valence-corrected chi connectivity index (χ0v) is 37.0. The Morgan fingerprint density at radius 3 is 1.48 bits per heavy atom. The van der Waals surface area contributed by atoms with Gasteiger partial charge in [0.15, 0.2) is 17.5 Å². The summed E-state index contributed by atoms with van der Waals surface area (Å²) in [5.74, 6) is 1.70. The van der Waals surface area contributed by atoms with Crippen molar-refractivity contribution in [1.82, 2.24) is 19.5 Å². The predicted molar refractivity (Wildman–Crippen MR) is 281 cm³/mol. The third-order valence-corrected chi connectivity index (χ3v) is 13.5. The summed E-state index contributed by atoms with van der Waals surface area (Å²) in [7, 11) is 0. The molecule has 0 saturated heterocycles. The molecule has 0 aliphatic carbocycles. The molecule has 0 spiro atoms. The number of aromatic nitrogens is 4. The molecule has 4 aromatic heterocycles. The zero-order valence-electron chi connectivity index (χ0n) is 37.0. The molecule has 0 saturated carbocycles. The number of hydrogen-bond acceptors (Lipinski definition) is 5. The molecule has 14 rings (SSSR count). The maximum atomic E-state index is 6.87. The van der Waals surface area contributed by atoms with Gasteiger partial charge in [-0.05, 0) is 82.4 Å². The third-order valence-electron chi connectivity index (χ3n) is 13.5. The molecule has 0 unspecified atom stereocenters. The molecule has 0 atom stereocenters. The summed E-state index contributed by atoms with van der Waals surface area (Å²) in [6.07, 6.45) is 0. The van der Waals surface area contributed by atoms with E-state index < -0.39 is 0 Å². The van der Waals surface area contributed by atoms with Gasteiger partial charge in [-0.2, -0.15) is 0 Å². The van der Waals surface area contributed by atoms with Gasteiger partial charge in [0.2, 0.25) is 0 Å². The van der Waals surface area contributed by atoms with E-state index in [2.05, 4.69) is 174 Å². The predicted octanol–water partition coefficient (Wildman–Crippen LogP) is 16.8. The van der Waals surface area contributed by atoms with Crippen molar-refractivity contribution in [1.29, 1.82) is 0 Å². The second-order valence-corrected chi connectivity index (χ2v) is 17.5. The molecule has 0 aliphatic rings. The van der Waals surface area contributed by atoms with E-state index >= 15 is 0 Å². The van der Waals surface area contributed by atoms with Gasteiger partial charge in [-0.1, -0.05) is 176 Å². The molecule has 14 aromatic rings. The smallest absolute Gasteiger partial charge is 0.164 e. The van der Waals surface area contributed by atoms with E-state index in [1.54, 1.807) is 0 Å². The standard InChI is InChI=1S/C63H38N4O2/c1-4-16-39(17-5-1)41-28-30-43(31-29-41)62-64-61(42-20-8-3-9-21-42)65-63(66-62)50-37-45(38-57-59(50)47-23-11-14-26-54(47)69-57)58-53(34-35-56-60(58)48-24-12-15-27-55(48)68-56)67-51-25-13-10-22-46(51)49-36-44(32-33-52(49)67)40-18-6-2-7-19-40/h1-38H. The molecule has 10 aromatic carbocycles. The Morgan fingerprint density at radius 2 is 0.783 bits per heavy atom. The fraction of sp³-hybridized carbons (Fsp3) is 0. The van der Waals surface area contributed by atoms with Crippen molar-refractivity contribution in [2.75, 3.05) is 0 Å². The number of furan rings is 2. The Labute approximate surface area is 396 Å². The highest BCUT2D eigenvalue weighted by atomic mass is 16.3. The maximum absolute atomic E-state index is 6.87. The van der Waals surface area contributed by atoms with Crippen molar-refractivity contribution >= 4 is 65.7 Å². The van der Waals surface area contributed by atoms with Gasteiger partial charge in [0.25, 0.3) is 0 Å². The first-order chi connectivity index (χ1) is 34.2. The lowest BCUT2D eigenvalue weighted by molar-refractivity contribution is 0.668. The van der Waals surface area contributed by atoms with Crippen LogP contribution in [0.4, 0.5) is 0 Å². The number of benzene rings is 10. The fourth-order valence-electron chi connectivity index (χ4n) is 10.3. The van der Waals surface area contributed by atoms with E-state index in [1.165, 1.54) is 21.9 Å². The first-order valence-electron chi connectivity index (χ1n) is 23.2. The molecule has 6 heteroatoms. The maximum Gasteiger partial charge on any atom is 0.164 e. The van der Waals surface area contributed by atoms with Gasteiger partial charge in [-0.25, -0.2) is 15.0 Å². The minimum Gasteiger partial charge on any atom is -0.456 e. The first kappa shape index (κ1) is 38.8. The normalized spacial score (nSPS) is 11.8. The summed E-state index contributed by atoms with van der Waals surface area (Å²) >= 11 is 0. The molecule has 0 bridgehead atoms. The Bertz CT molecular complexity index is 4290. The summed E-state index contributed by atoms with van der Waals surface area (Å²) < 4.78 is 16.0. The van der Waals surface area contributed by atoms with Crippen molar-refractivity contribution in [3.63, 3.8) is 0 Å². The average molecular weight is 883 g/mol. The number of para-hydroxylation sites is 3. The van der Waals surface area contributed by atoms with Crippen LogP contribution >= 0.6 is 0 Å². The van der Waals surface area contributed by atoms with Crippen LogP contribution in [0.25, 0.3) is 139 Å². The van der Waals surface area contributed by atoms with Gasteiger partial charge in [0.05, 0.1) is 16.7 Å². The van der Waals surface area contributed by atoms with Crippen LogP contribution in [-0.4, -0.2) is 19.5 Å². The monoisotopic (exact) mass is 882 g/mol. The van der Waals surface area contributed by atoms with E-state index in [0.717, 1.165) is 99.5 Å². The Morgan fingerprint density at radius 1 is 0.290 bits per heavy atom. The first-order valence-corrected chi connectivity index (χ1v) is 23.2. The SMILES string of the molecule is c1ccc(-c2ccc(-c3nc(-c4ccccc4)nc(-c4cc(-c5c(-n6c7ccccc7c7cc(-c8ccccc8)ccc76)ccc6oc7ccccc7c56)cc5oc6ccccc6c45)n3)cc2)cc1. The number of rotatable bonds is 7. The number of nitrogens with zero attached hydrogens (tertiary/aromatic N) is 4. The van der Waals surface area contributed by atoms with Crippen molar-refractivity contribution in [3.05, 3.63) is 231 Å². The van der Waals surface area contributed by atoms with Crippen molar-refractivity contribution in [2.45, 2.75) is 0 Å². The largest absolute Gasteiger partial charge is 0.456 e. The van der Waals surface area contributed by atoms with Crippen LogP contribution in [-0.2, 0) is 0 Å². The van der Waals surface area contributed by atoms with Crippen LogP contribution in [0.1, 0.15) is 0 Å². The Kier molecular flexibility index (Phi) is 8.79. The summed E-state index contributed by atoms with van der Waals surface area (Å²) in [6, 6.07) is 80.4. The molecule has 6 nitrogen and oxygen atoms in total. The van der Waals surface area contributed by atoms with Crippen molar-refractivity contribution in [2.24, 2.45) is 0 Å². The Balaban J connectivity index is 1.06. The van der Waals surface area contributed by atoms with Gasteiger partial charge < -0.3 is 13.4 Å². The average Bonchev–Trinajstić information content (AvgIpc) is 4.10. The fourth-order valence-corrected chi connectivity index (χ4v) is 10.3. The van der Waals surface area contributed by atoms with E-state index in [4.69, 9.17) is 23.8 Å². The van der Waals surface area contributed by atoms with Crippen molar-refractivity contribution < 1.29 is 8.83 Å². The van der Waals surface area contributed by atoms with Crippen LogP contribution < -0.4 is 0 Å². The second kappa shape index (κ2) is 15.6. The van der Waals surface area contributed by atoms with E-state index in [-0.39, 0.29) is 0 Å². The molecule has 0 radical (unpaired) electrons. The topological polar surface area (TPSA) is 69.9 Å². The molecule has 322 valence electrons. The van der Waals surface area contributed by atoms with Gasteiger partial charge >= 0.3 is 0 Å². The van der Waals surface area contributed by atoms with Crippen LogP contribution in [0.2, 0.25) is 0 Å². The van der Waals surface area contributed by atoms with E-state index in [9.17, 15) is 0 Å². The zero-order chi connectivity index (χ0) is 45.4. The summed E-state index contributed by atoms with van der Waals surface area (Å²) in [5.41, 5.74) is 15.5. The number of hydrogen-bond donors (Lipinski definition) is 0. The lowest BCUT2D eigenvalue weighted by atomic mass is 9.93. The molecule has 4 heterocycles. The van der Waals surface area contributed by atoms with Crippen LogP contribution in [0, 0.1) is 0 Å². The van der Waals surface area contributed by atoms with Gasteiger partial charge in [-0.3, -0.25) is 0 Å². The molecule has 0 amide bonds. The second-order valence-electron chi connectivity index (χ2n) is 17.5. The molecule has 0 fully saturated rings. The molecular weight excluding hydrogens is 845 g/mol. The van der Waals surface area contributed by atoms with Gasteiger partial charge in [0, 0.05) is 54.6 Å². The number of fused-ring (bicyclic) bond motifs is 9. The molecule has 69 heavy (non-hydrogen) atoms. The highest BCUT2D eigenvalue weighted by molar-refractivity contribution is 6.19. The van der Waals surface area contributed by atoms with Crippen LogP contribution in [0.3, 0.4) is 0 Å².